The molecule has 0 aliphatic rings. The van der Waals surface area contributed by atoms with Gasteiger partial charge in [0.25, 0.3) is 0 Å². The molecule has 7 nitrogen and oxygen atoms in total. The Morgan fingerprint density at radius 2 is 1.56 bits per heavy atom. The first kappa shape index (κ1) is 27.9. The molecule has 0 unspecified atom stereocenters. The van der Waals surface area contributed by atoms with Gasteiger partial charge in [-0.3, -0.25) is 9.59 Å². The first-order chi connectivity index (χ1) is 19.1. The third-order valence-electron chi connectivity index (χ3n) is 6.66. The van der Waals surface area contributed by atoms with Gasteiger partial charge in [-0.15, -0.1) is 0 Å². The zero-order valence-electron chi connectivity index (χ0n) is 22.7. The molecule has 2 aromatic heterocycles. The molecule has 0 spiro atoms. The highest BCUT2D eigenvalue weighted by Crippen LogP contribution is 2.25. The molecule has 4 rings (SSSR count). The molecule has 0 bridgehead atoms. The smallest absolute Gasteiger partial charge is 0.245 e. The number of benzene rings is 2. The highest BCUT2D eigenvalue weighted by atomic mass is 16.3. The summed E-state index contributed by atoms with van der Waals surface area (Å²) in [6.45, 7) is 2.39. The van der Waals surface area contributed by atoms with Gasteiger partial charge >= 0.3 is 0 Å². The molecular formula is C32H38N4O3. The zero-order chi connectivity index (χ0) is 27.3. The van der Waals surface area contributed by atoms with E-state index in [0.717, 1.165) is 36.2 Å². The fourth-order valence-corrected chi connectivity index (χ4v) is 4.56. The van der Waals surface area contributed by atoms with E-state index in [1.165, 1.54) is 25.7 Å². The van der Waals surface area contributed by atoms with Crippen molar-refractivity contribution in [2.75, 3.05) is 11.9 Å². The highest BCUT2D eigenvalue weighted by Gasteiger charge is 2.20. The molecular weight excluding hydrogens is 488 g/mol. The number of nitrogens with one attached hydrogen (secondary N) is 1. The summed E-state index contributed by atoms with van der Waals surface area (Å²) in [5.41, 5.74) is 2.53. The molecule has 0 atom stereocenters. The molecule has 204 valence electrons. The number of unbranched alkanes of at least 4 members (excludes halogenated alkanes) is 6. The fourth-order valence-electron chi connectivity index (χ4n) is 4.56. The lowest BCUT2D eigenvalue weighted by Gasteiger charge is -2.21. The van der Waals surface area contributed by atoms with Crippen LogP contribution in [-0.4, -0.2) is 33.0 Å². The van der Waals surface area contributed by atoms with Crippen LogP contribution in [0.25, 0.3) is 16.9 Å². The van der Waals surface area contributed by atoms with Gasteiger partial charge in [0.2, 0.25) is 11.8 Å². The molecule has 0 fully saturated rings. The number of aromatic nitrogens is 2. The lowest BCUT2D eigenvalue weighted by Crippen LogP contribution is -2.37. The number of rotatable bonds is 15. The highest BCUT2D eigenvalue weighted by molar-refractivity contribution is 5.94. The van der Waals surface area contributed by atoms with E-state index in [2.05, 4.69) is 12.2 Å². The minimum Gasteiger partial charge on any atom is -0.467 e. The summed E-state index contributed by atoms with van der Waals surface area (Å²) >= 11 is 0. The first-order valence-electron chi connectivity index (χ1n) is 13.9. The molecule has 2 aromatic carbocycles. The van der Waals surface area contributed by atoms with Crippen molar-refractivity contribution in [3.8, 4) is 16.9 Å². The van der Waals surface area contributed by atoms with E-state index in [1.54, 1.807) is 21.9 Å². The van der Waals surface area contributed by atoms with Gasteiger partial charge in [-0.05, 0) is 30.7 Å². The number of hydrogen-bond donors (Lipinski definition) is 1. The second-order valence-corrected chi connectivity index (χ2v) is 9.78. The largest absolute Gasteiger partial charge is 0.467 e. The van der Waals surface area contributed by atoms with Gasteiger partial charge in [-0.25, -0.2) is 4.68 Å². The molecule has 0 saturated carbocycles. The maximum Gasteiger partial charge on any atom is 0.245 e. The van der Waals surface area contributed by atoms with Crippen molar-refractivity contribution in [2.45, 2.75) is 64.8 Å². The van der Waals surface area contributed by atoms with Gasteiger partial charge in [0.15, 0.2) is 0 Å². The third kappa shape index (κ3) is 8.43. The van der Waals surface area contributed by atoms with Gasteiger partial charge in [0, 0.05) is 18.1 Å². The van der Waals surface area contributed by atoms with E-state index in [4.69, 9.17) is 9.52 Å². The Kier molecular flexibility index (Phi) is 10.5. The minimum absolute atomic E-state index is 0.0448. The van der Waals surface area contributed by atoms with Crippen LogP contribution in [0.5, 0.6) is 0 Å². The molecule has 39 heavy (non-hydrogen) atoms. The van der Waals surface area contributed by atoms with Crippen LogP contribution in [0.1, 0.15) is 64.1 Å². The Labute approximate surface area is 230 Å². The van der Waals surface area contributed by atoms with E-state index in [-0.39, 0.29) is 24.9 Å². The van der Waals surface area contributed by atoms with Crippen molar-refractivity contribution in [1.29, 1.82) is 0 Å². The summed E-state index contributed by atoms with van der Waals surface area (Å²) in [6, 6.07) is 25.0. The topological polar surface area (TPSA) is 80.4 Å². The van der Waals surface area contributed by atoms with Crippen molar-refractivity contribution in [1.82, 2.24) is 14.7 Å². The average Bonchev–Trinajstić information content (AvgIpc) is 3.63. The molecule has 0 aliphatic carbocycles. The van der Waals surface area contributed by atoms with Gasteiger partial charge in [-0.2, -0.15) is 5.10 Å². The number of hydrogen-bond acceptors (Lipinski definition) is 4. The quantitative estimate of drug-likeness (QED) is 0.166. The number of amides is 2. The summed E-state index contributed by atoms with van der Waals surface area (Å²) in [5.74, 6) is 0.863. The molecule has 4 aromatic rings. The Morgan fingerprint density at radius 3 is 2.26 bits per heavy atom. The number of carbonyl (C=O) groups excluding carboxylic acids is 2. The second-order valence-electron chi connectivity index (χ2n) is 9.78. The van der Waals surface area contributed by atoms with Crippen LogP contribution >= 0.6 is 0 Å². The van der Waals surface area contributed by atoms with Crippen LogP contribution < -0.4 is 5.32 Å². The van der Waals surface area contributed by atoms with Crippen molar-refractivity contribution >= 4 is 17.6 Å². The summed E-state index contributed by atoms with van der Waals surface area (Å²) in [5, 5.41) is 7.76. The molecule has 0 saturated heterocycles. The van der Waals surface area contributed by atoms with Crippen LogP contribution in [0.3, 0.4) is 0 Å². The van der Waals surface area contributed by atoms with Crippen molar-refractivity contribution in [3.63, 3.8) is 0 Å². The summed E-state index contributed by atoms with van der Waals surface area (Å²) < 4.78 is 7.20. The van der Waals surface area contributed by atoms with Crippen LogP contribution in [0.4, 0.5) is 5.82 Å². The lowest BCUT2D eigenvalue weighted by atomic mass is 10.1. The molecule has 0 radical (unpaired) electrons. The van der Waals surface area contributed by atoms with Gasteiger partial charge in [-0.1, -0.05) is 94.0 Å². The molecule has 0 aliphatic heterocycles. The monoisotopic (exact) mass is 526 g/mol. The SMILES string of the molecule is CCCCCCCCCC(=O)N(CC(=O)Nc1cc(-c2ccccc2)nn1-c1ccccc1)Cc1ccco1. The molecule has 2 heterocycles. The maximum atomic E-state index is 13.3. The minimum atomic E-state index is -0.286. The third-order valence-corrected chi connectivity index (χ3v) is 6.66. The zero-order valence-corrected chi connectivity index (χ0v) is 22.7. The fraction of sp³-hybridized carbons (Fsp3) is 0.344. The molecule has 1 N–H and O–H groups in total. The Hall–Kier alpha value is -4.13. The number of para-hydroxylation sites is 1. The van der Waals surface area contributed by atoms with Crippen LogP contribution in [0.15, 0.2) is 89.5 Å². The van der Waals surface area contributed by atoms with Crippen LogP contribution in [0.2, 0.25) is 0 Å². The van der Waals surface area contributed by atoms with Crippen molar-refractivity contribution in [3.05, 3.63) is 90.9 Å². The van der Waals surface area contributed by atoms with Gasteiger partial charge < -0.3 is 14.6 Å². The maximum absolute atomic E-state index is 13.3. The number of carbonyl (C=O) groups is 2. The van der Waals surface area contributed by atoms with Crippen molar-refractivity contribution in [2.24, 2.45) is 0 Å². The van der Waals surface area contributed by atoms with E-state index in [9.17, 15) is 9.59 Å². The summed E-state index contributed by atoms with van der Waals surface area (Å²) in [4.78, 5) is 28.0. The van der Waals surface area contributed by atoms with E-state index < -0.39 is 0 Å². The standard InChI is InChI=1S/C32H38N4O3/c1-2-3-4-5-6-7-14-21-32(38)35(24-28-20-15-22-39-28)25-31(37)33-30-23-29(26-16-10-8-11-17-26)34-36(30)27-18-12-9-13-19-27/h8-13,15-20,22-23H,2-7,14,21,24-25H2,1H3,(H,33,37). The number of anilines is 1. The average molecular weight is 527 g/mol. The Balaban J connectivity index is 1.44. The summed E-state index contributed by atoms with van der Waals surface area (Å²) in [7, 11) is 0. The van der Waals surface area contributed by atoms with Gasteiger partial charge in [0.05, 0.1) is 24.2 Å². The predicted molar refractivity (Wildman–Crippen MR) is 154 cm³/mol. The van der Waals surface area contributed by atoms with E-state index >= 15 is 0 Å². The van der Waals surface area contributed by atoms with Gasteiger partial charge in [0.1, 0.15) is 18.1 Å². The Bertz CT molecular complexity index is 1280. The van der Waals surface area contributed by atoms with Crippen LogP contribution in [0, 0.1) is 0 Å². The van der Waals surface area contributed by atoms with E-state index in [0.29, 0.717) is 18.0 Å². The van der Waals surface area contributed by atoms with E-state index in [1.807, 2.05) is 72.8 Å². The lowest BCUT2D eigenvalue weighted by molar-refractivity contribution is -0.135. The summed E-state index contributed by atoms with van der Waals surface area (Å²) in [6.07, 6.45) is 9.93. The second kappa shape index (κ2) is 14.7. The molecule has 2 amide bonds. The number of nitrogens with zero attached hydrogens (tertiary/aromatic N) is 3. The Morgan fingerprint density at radius 1 is 0.872 bits per heavy atom. The normalized spacial score (nSPS) is 10.9. The first-order valence-corrected chi connectivity index (χ1v) is 13.9. The molecule has 7 heteroatoms. The predicted octanol–water partition coefficient (Wildman–Crippen LogP) is 7.24. The van der Waals surface area contributed by atoms with Crippen molar-refractivity contribution < 1.29 is 14.0 Å². The number of furan rings is 1. The van der Waals surface area contributed by atoms with Crippen LogP contribution in [-0.2, 0) is 16.1 Å².